The number of halogens is 1. The van der Waals surface area contributed by atoms with Crippen LogP contribution in [0.1, 0.15) is 28.9 Å². The molecule has 2 aromatic heterocycles. The average molecular weight is 365 g/mol. The van der Waals surface area contributed by atoms with Crippen molar-refractivity contribution in [3.05, 3.63) is 66.1 Å². The molecule has 27 heavy (non-hydrogen) atoms. The monoisotopic (exact) mass is 365 g/mol. The molecule has 3 heterocycles. The van der Waals surface area contributed by atoms with Gasteiger partial charge in [-0.1, -0.05) is 6.07 Å². The second-order valence-electron chi connectivity index (χ2n) is 6.81. The number of imidazole rings is 1. The average Bonchev–Trinajstić information content (AvgIpc) is 3.23. The molecule has 1 N–H and O–H groups in total. The number of carbonyl (C=O) groups is 1. The predicted octanol–water partition coefficient (Wildman–Crippen LogP) is 3.10. The van der Waals surface area contributed by atoms with Crippen LogP contribution in [-0.4, -0.2) is 43.8 Å². The van der Waals surface area contributed by atoms with Crippen LogP contribution in [0, 0.1) is 11.7 Å². The summed E-state index contributed by atoms with van der Waals surface area (Å²) in [7, 11) is 0. The van der Waals surface area contributed by atoms with Gasteiger partial charge in [0.1, 0.15) is 11.5 Å². The van der Waals surface area contributed by atoms with E-state index in [0.717, 1.165) is 25.0 Å². The lowest BCUT2D eigenvalue weighted by molar-refractivity contribution is 0.0672. The molecule has 0 spiro atoms. The molecule has 0 radical (unpaired) electrons. The van der Waals surface area contributed by atoms with Crippen molar-refractivity contribution in [3.8, 4) is 11.5 Å². The van der Waals surface area contributed by atoms with Crippen molar-refractivity contribution in [1.82, 2.24) is 24.8 Å². The van der Waals surface area contributed by atoms with Gasteiger partial charge >= 0.3 is 0 Å². The zero-order chi connectivity index (χ0) is 18.6. The first-order valence-electron chi connectivity index (χ1n) is 9.04. The number of carbonyl (C=O) groups excluding carboxylic acids is 1. The number of likely N-dealkylation sites (tertiary alicyclic amines) is 1. The van der Waals surface area contributed by atoms with Gasteiger partial charge in [-0.05, 0) is 43.4 Å². The Balaban J connectivity index is 1.44. The van der Waals surface area contributed by atoms with Crippen molar-refractivity contribution < 1.29 is 9.18 Å². The van der Waals surface area contributed by atoms with Crippen LogP contribution in [0.5, 0.6) is 0 Å². The van der Waals surface area contributed by atoms with Gasteiger partial charge in [-0.15, -0.1) is 0 Å². The van der Waals surface area contributed by atoms with E-state index in [1.807, 2.05) is 4.90 Å². The molecule has 1 amide bonds. The molecule has 0 saturated carbocycles. The Morgan fingerprint density at radius 3 is 3.07 bits per heavy atom. The molecule has 138 valence electrons. The number of benzene rings is 1. The molecular weight excluding hydrogens is 345 g/mol. The predicted molar refractivity (Wildman–Crippen MR) is 98.3 cm³/mol. The maximum Gasteiger partial charge on any atom is 0.253 e. The van der Waals surface area contributed by atoms with Crippen LogP contribution in [0.4, 0.5) is 4.39 Å². The van der Waals surface area contributed by atoms with Crippen molar-refractivity contribution >= 4 is 5.91 Å². The molecule has 1 fully saturated rings. The summed E-state index contributed by atoms with van der Waals surface area (Å²) < 4.78 is 13.4. The van der Waals surface area contributed by atoms with Crippen molar-refractivity contribution in [2.75, 3.05) is 13.1 Å². The Kier molecular flexibility index (Phi) is 4.91. The second-order valence-corrected chi connectivity index (χ2v) is 6.81. The number of amides is 1. The van der Waals surface area contributed by atoms with Gasteiger partial charge in [0, 0.05) is 37.2 Å². The van der Waals surface area contributed by atoms with Crippen LogP contribution in [0.25, 0.3) is 11.5 Å². The maximum atomic E-state index is 13.4. The van der Waals surface area contributed by atoms with Gasteiger partial charge in [-0.2, -0.15) is 0 Å². The molecule has 1 aliphatic heterocycles. The van der Waals surface area contributed by atoms with Crippen molar-refractivity contribution in [2.45, 2.75) is 19.3 Å². The standard InChI is InChI=1S/C20H20FN5O/c21-16-5-1-4-15(10-16)20(27)26-8-2-3-14(13-26)9-17-11-22-12-18(25-17)19-23-6-7-24-19/h1,4-7,10-12,14H,2-3,8-9,13H2,(H,23,24)/t14-/m1/s1. The zero-order valence-corrected chi connectivity index (χ0v) is 14.8. The molecule has 3 aromatic rings. The zero-order valence-electron chi connectivity index (χ0n) is 14.8. The Hall–Kier alpha value is -3.09. The number of aromatic amines is 1. The highest BCUT2D eigenvalue weighted by molar-refractivity contribution is 5.94. The van der Waals surface area contributed by atoms with Crippen molar-refractivity contribution in [2.24, 2.45) is 5.92 Å². The first kappa shape index (κ1) is 17.3. The number of hydrogen-bond acceptors (Lipinski definition) is 4. The molecular formula is C20H20FN5O. The van der Waals surface area contributed by atoms with E-state index in [4.69, 9.17) is 0 Å². The molecule has 1 aliphatic rings. The Bertz CT molecular complexity index is 928. The van der Waals surface area contributed by atoms with E-state index in [9.17, 15) is 9.18 Å². The fourth-order valence-electron chi connectivity index (χ4n) is 3.54. The van der Waals surface area contributed by atoms with E-state index in [2.05, 4.69) is 19.9 Å². The lowest BCUT2D eigenvalue weighted by atomic mass is 9.93. The molecule has 4 rings (SSSR count). The molecule has 1 aromatic carbocycles. The van der Waals surface area contributed by atoms with Gasteiger partial charge in [-0.25, -0.2) is 14.4 Å². The SMILES string of the molecule is O=C(c1cccc(F)c1)N1CCC[C@H](Cc2cncc(-c3ncc[nH]3)n2)C1. The van der Waals surface area contributed by atoms with Gasteiger partial charge < -0.3 is 9.88 Å². The van der Waals surface area contributed by atoms with Crippen LogP contribution in [0.3, 0.4) is 0 Å². The minimum Gasteiger partial charge on any atom is -0.343 e. The van der Waals surface area contributed by atoms with E-state index in [0.29, 0.717) is 36.1 Å². The largest absolute Gasteiger partial charge is 0.343 e. The minimum atomic E-state index is -0.389. The maximum absolute atomic E-state index is 13.4. The van der Waals surface area contributed by atoms with Crippen LogP contribution < -0.4 is 0 Å². The summed E-state index contributed by atoms with van der Waals surface area (Å²) in [6, 6.07) is 5.87. The highest BCUT2D eigenvalue weighted by Crippen LogP contribution is 2.22. The van der Waals surface area contributed by atoms with Gasteiger partial charge in [-0.3, -0.25) is 9.78 Å². The number of H-pyrrole nitrogens is 1. The Labute approximate surface area is 156 Å². The van der Waals surface area contributed by atoms with E-state index in [1.54, 1.807) is 36.9 Å². The lowest BCUT2D eigenvalue weighted by Gasteiger charge is -2.32. The second kappa shape index (κ2) is 7.65. The third-order valence-corrected chi connectivity index (χ3v) is 4.80. The summed E-state index contributed by atoms with van der Waals surface area (Å²) in [6.45, 7) is 1.34. The molecule has 0 aliphatic carbocycles. The molecule has 1 atom stereocenters. The smallest absolute Gasteiger partial charge is 0.253 e. The first-order chi connectivity index (χ1) is 13.2. The molecule has 0 unspecified atom stereocenters. The van der Waals surface area contributed by atoms with Crippen LogP contribution in [0.15, 0.2) is 49.1 Å². The van der Waals surface area contributed by atoms with Gasteiger partial charge in [0.2, 0.25) is 0 Å². The fraction of sp³-hybridized carbons (Fsp3) is 0.300. The number of rotatable bonds is 4. The summed E-state index contributed by atoms with van der Waals surface area (Å²) in [5.41, 5.74) is 1.99. The molecule has 1 saturated heterocycles. The third-order valence-electron chi connectivity index (χ3n) is 4.80. The van der Waals surface area contributed by atoms with Gasteiger partial charge in [0.05, 0.1) is 11.9 Å². The quantitative estimate of drug-likeness (QED) is 0.771. The number of nitrogens with one attached hydrogen (secondary N) is 1. The molecule has 6 nitrogen and oxygen atoms in total. The lowest BCUT2D eigenvalue weighted by Crippen LogP contribution is -2.40. The van der Waals surface area contributed by atoms with E-state index in [-0.39, 0.29) is 11.7 Å². The number of piperidine rings is 1. The molecule has 0 bridgehead atoms. The fourth-order valence-corrected chi connectivity index (χ4v) is 3.54. The van der Waals surface area contributed by atoms with E-state index >= 15 is 0 Å². The molecule has 7 heteroatoms. The van der Waals surface area contributed by atoms with E-state index in [1.165, 1.54) is 12.1 Å². The third kappa shape index (κ3) is 4.02. The first-order valence-corrected chi connectivity index (χ1v) is 9.04. The van der Waals surface area contributed by atoms with Crippen LogP contribution >= 0.6 is 0 Å². The normalized spacial score (nSPS) is 17.1. The van der Waals surface area contributed by atoms with E-state index < -0.39 is 0 Å². The summed E-state index contributed by atoms with van der Waals surface area (Å²) in [5, 5.41) is 0. The van der Waals surface area contributed by atoms with Crippen LogP contribution in [-0.2, 0) is 6.42 Å². The number of aromatic nitrogens is 4. The summed E-state index contributed by atoms with van der Waals surface area (Å²) in [4.78, 5) is 30.6. The number of nitrogens with zero attached hydrogens (tertiary/aromatic N) is 4. The number of hydrogen-bond donors (Lipinski definition) is 1. The Morgan fingerprint density at radius 2 is 2.26 bits per heavy atom. The Morgan fingerprint density at radius 1 is 1.33 bits per heavy atom. The highest BCUT2D eigenvalue weighted by atomic mass is 19.1. The van der Waals surface area contributed by atoms with Gasteiger partial charge in [0.25, 0.3) is 5.91 Å². The summed E-state index contributed by atoms with van der Waals surface area (Å²) in [6.07, 6.45) is 9.58. The van der Waals surface area contributed by atoms with Crippen LogP contribution in [0.2, 0.25) is 0 Å². The highest BCUT2D eigenvalue weighted by Gasteiger charge is 2.25. The summed E-state index contributed by atoms with van der Waals surface area (Å²) in [5.74, 6) is 0.488. The van der Waals surface area contributed by atoms with Gasteiger partial charge in [0.15, 0.2) is 5.82 Å². The van der Waals surface area contributed by atoms with Crippen molar-refractivity contribution in [1.29, 1.82) is 0 Å². The van der Waals surface area contributed by atoms with Crippen molar-refractivity contribution in [3.63, 3.8) is 0 Å². The summed E-state index contributed by atoms with van der Waals surface area (Å²) >= 11 is 0. The topological polar surface area (TPSA) is 74.8 Å². The minimum absolute atomic E-state index is 0.116.